The second-order valence-electron chi connectivity index (χ2n) is 4.62. The van der Waals surface area contributed by atoms with Crippen molar-refractivity contribution in [3.8, 4) is 11.5 Å². The Hall–Kier alpha value is -1.82. The molecule has 1 amide bonds. The number of nitrogens with one attached hydrogen (secondary N) is 2. The fraction of sp³-hybridized carbons (Fsp3) is 0.188. The molecule has 0 saturated carbocycles. The van der Waals surface area contributed by atoms with Crippen LogP contribution in [0.25, 0.3) is 0 Å². The molecule has 0 aliphatic carbocycles. The lowest BCUT2D eigenvalue weighted by atomic mass is 10.2. The first-order chi connectivity index (χ1) is 11.5. The van der Waals surface area contributed by atoms with Gasteiger partial charge in [-0.3, -0.25) is 15.6 Å². The van der Waals surface area contributed by atoms with Crippen LogP contribution in [0.5, 0.6) is 11.5 Å². The maximum Gasteiger partial charge on any atom is 0.269 e. The first-order valence-electron chi connectivity index (χ1n) is 6.98. The van der Waals surface area contributed by atoms with Crippen molar-refractivity contribution in [2.75, 3.05) is 19.1 Å². The summed E-state index contributed by atoms with van der Waals surface area (Å²) >= 11 is 17.9. The minimum absolute atomic E-state index is 0.289. The quantitative estimate of drug-likeness (QED) is 0.696. The third kappa shape index (κ3) is 4.38. The molecular formula is C16H15Cl3N2O3. The van der Waals surface area contributed by atoms with Crippen molar-refractivity contribution in [1.82, 2.24) is 5.43 Å². The molecule has 8 heteroatoms. The van der Waals surface area contributed by atoms with Crippen molar-refractivity contribution in [1.29, 1.82) is 0 Å². The van der Waals surface area contributed by atoms with Gasteiger partial charge >= 0.3 is 0 Å². The number of hydrogen-bond donors (Lipinski definition) is 2. The molecule has 0 aromatic heterocycles. The van der Waals surface area contributed by atoms with Gasteiger partial charge in [-0.05, 0) is 37.3 Å². The highest BCUT2D eigenvalue weighted by Gasteiger charge is 2.13. The third-order valence-electron chi connectivity index (χ3n) is 3.03. The molecule has 2 N–H and O–H groups in total. The Morgan fingerprint density at radius 3 is 2.33 bits per heavy atom. The zero-order chi connectivity index (χ0) is 17.7. The zero-order valence-electron chi connectivity index (χ0n) is 13.0. The summed E-state index contributed by atoms with van der Waals surface area (Å²) in [7, 11) is 1.51. The van der Waals surface area contributed by atoms with E-state index in [0.717, 1.165) is 0 Å². The molecule has 0 aliphatic rings. The summed E-state index contributed by atoms with van der Waals surface area (Å²) in [5.41, 5.74) is 5.95. The highest BCUT2D eigenvalue weighted by atomic mass is 35.5. The van der Waals surface area contributed by atoms with E-state index in [4.69, 9.17) is 44.3 Å². The Bertz CT molecular complexity index is 730. The fourth-order valence-corrected chi connectivity index (χ4v) is 2.85. The predicted molar refractivity (Wildman–Crippen MR) is 96.7 cm³/mol. The zero-order valence-corrected chi connectivity index (χ0v) is 15.2. The summed E-state index contributed by atoms with van der Waals surface area (Å²) in [6.07, 6.45) is 0. The van der Waals surface area contributed by atoms with E-state index in [-0.39, 0.29) is 10.0 Å². The van der Waals surface area contributed by atoms with Gasteiger partial charge in [0.15, 0.2) is 11.5 Å². The van der Waals surface area contributed by atoms with Gasteiger partial charge in [-0.2, -0.15) is 0 Å². The molecule has 24 heavy (non-hydrogen) atoms. The number of carbonyl (C=O) groups excluding carboxylic acids is 1. The van der Waals surface area contributed by atoms with Gasteiger partial charge in [0.1, 0.15) is 0 Å². The molecule has 0 unspecified atom stereocenters. The minimum atomic E-state index is -0.390. The molecule has 0 saturated heterocycles. The van der Waals surface area contributed by atoms with Crippen molar-refractivity contribution >= 4 is 46.4 Å². The van der Waals surface area contributed by atoms with Gasteiger partial charge in [0, 0.05) is 10.6 Å². The van der Waals surface area contributed by atoms with Gasteiger partial charge in [-0.1, -0.05) is 34.8 Å². The molecular weight excluding hydrogens is 375 g/mol. The van der Waals surface area contributed by atoms with E-state index < -0.39 is 5.91 Å². The van der Waals surface area contributed by atoms with Crippen LogP contribution in [0.15, 0.2) is 30.3 Å². The van der Waals surface area contributed by atoms with Crippen LogP contribution in [0.3, 0.4) is 0 Å². The number of hydrazine groups is 1. The highest BCUT2D eigenvalue weighted by molar-refractivity contribution is 6.41. The summed E-state index contributed by atoms with van der Waals surface area (Å²) in [6, 6.07) is 7.90. The van der Waals surface area contributed by atoms with Crippen molar-refractivity contribution in [3.63, 3.8) is 0 Å². The number of carbonyl (C=O) groups is 1. The Labute approximate surface area is 154 Å². The van der Waals surface area contributed by atoms with Crippen LogP contribution in [0.1, 0.15) is 17.3 Å². The Morgan fingerprint density at radius 1 is 1.08 bits per heavy atom. The molecule has 0 radical (unpaired) electrons. The molecule has 0 spiro atoms. The second kappa shape index (κ2) is 8.33. The third-order valence-corrected chi connectivity index (χ3v) is 3.85. The van der Waals surface area contributed by atoms with Crippen LogP contribution in [0.4, 0.5) is 5.69 Å². The molecule has 2 rings (SSSR count). The second-order valence-corrected chi connectivity index (χ2v) is 5.87. The number of benzene rings is 2. The van der Waals surface area contributed by atoms with Gasteiger partial charge < -0.3 is 9.47 Å². The average Bonchev–Trinajstić information content (AvgIpc) is 2.54. The van der Waals surface area contributed by atoms with E-state index in [1.165, 1.54) is 19.2 Å². The number of methoxy groups -OCH3 is 1. The van der Waals surface area contributed by atoms with Gasteiger partial charge in [0.25, 0.3) is 5.91 Å². The van der Waals surface area contributed by atoms with E-state index in [2.05, 4.69) is 10.9 Å². The molecule has 5 nitrogen and oxygen atoms in total. The maximum absolute atomic E-state index is 12.3. The number of ether oxygens (including phenoxy) is 2. The van der Waals surface area contributed by atoms with Crippen LogP contribution in [0.2, 0.25) is 15.1 Å². The highest BCUT2D eigenvalue weighted by Crippen LogP contribution is 2.33. The predicted octanol–water partition coefficient (Wildman–Crippen LogP) is 4.81. The maximum atomic E-state index is 12.3. The van der Waals surface area contributed by atoms with E-state index in [1.54, 1.807) is 18.2 Å². The van der Waals surface area contributed by atoms with Crippen LogP contribution < -0.4 is 20.3 Å². The summed E-state index contributed by atoms with van der Waals surface area (Å²) < 4.78 is 10.6. The first kappa shape index (κ1) is 18.5. The lowest BCUT2D eigenvalue weighted by Gasteiger charge is -2.13. The monoisotopic (exact) mass is 388 g/mol. The van der Waals surface area contributed by atoms with Gasteiger partial charge in [0.2, 0.25) is 0 Å². The van der Waals surface area contributed by atoms with Crippen molar-refractivity contribution in [2.24, 2.45) is 0 Å². The van der Waals surface area contributed by atoms with Crippen LogP contribution in [-0.2, 0) is 0 Å². The lowest BCUT2D eigenvalue weighted by molar-refractivity contribution is 0.0962. The normalized spacial score (nSPS) is 10.2. The Balaban J connectivity index is 2.13. The molecule has 0 aliphatic heterocycles. The smallest absolute Gasteiger partial charge is 0.269 e. The number of rotatable bonds is 6. The molecule has 128 valence electrons. The first-order valence-corrected chi connectivity index (χ1v) is 8.11. The van der Waals surface area contributed by atoms with E-state index in [9.17, 15) is 4.79 Å². The van der Waals surface area contributed by atoms with Gasteiger partial charge in [-0.15, -0.1) is 0 Å². The van der Waals surface area contributed by atoms with E-state index >= 15 is 0 Å². The minimum Gasteiger partial charge on any atom is -0.493 e. The number of hydrogen-bond acceptors (Lipinski definition) is 4. The Kier molecular flexibility index (Phi) is 6.43. The fourth-order valence-electron chi connectivity index (χ4n) is 1.94. The van der Waals surface area contributed by atoms with E-state index in [0.29, 0.717) is 34.4 Å². The standard InChI is InChI=1S/C16H15Cl3N2O3/c1-3-24-13-5-4-9(6-14(13)23-2)16(22)21-20-15-11(18)7-10(17)8-12(15)19/h4-8,20H,3H2,1-2H3,(H,21,22). The average molecular weight is 390 g/mol. The number of amides is 1. The van der Waals surface area contributed by atoms with Crippen molar-refractivity contribution < 1.29 is 14.3 Å². The molecule has 0 atom stereocenters. The summed E-state index contributed by atoms with van der Waals surface area (Å²) in [6.45, 7) is 2.36. The SMILES string of the molecule is CCOc1ccc(C(=O)NNc2c(Cl)cc(Cl)cc2Cl)cc1OC. The van der Waals surface area contributed by atoms with E-state index in [1.807, 2.05) is 6.92 Å². The van der Waals surface area contributed by atoms with Crippen LogP contribution in [-0.4, -0.2) is 19.6 Å². The Morgan fingerprint density at radius 2 is 1.75 bits per heavy atom. The molecule has 0 bridgehead atoms. The van der Waals surface area contributed by atoms with Crippen molar-refractivity contribution in [2.45, 2.75) is 6.92 Å². The molecule has 0 fully saturated rings. The topological polar surface area (TPSA) is 59.6 Å². The molecule has 2 aromatic rings. The lowest BCUT2D eigenvalue weighted by Crippen LogP contribution is -2.29. The largest absolute Gasteiger partial charge is 0.493 e. The van der Waals surface area contributed by atoms with Crippen LogP contribution in [0, 0.1) is 0 Å². The number of halogens is 3. The van der Waals surface area contributed by atoms with Crippen LogP contribution >= 0.6 is 34.8 Å². The number of anilines is 1. The summed E-state index contributed by atoms with van der Waals surface area (Å²) in [4.78, 5) is 12.3. The van der Waals surface area contributed by atoms with Gasteiger partial charge in [0.05, 0.1) is 29.4 Å². The summed E-state index contributed by atoms with van der Waals surface area (Å²) in [5, 5.41) is 0.979. The van der Waals surface area contributed by atoms with Crippen molar-refractivity contribution in [3.05, 3.63) is 51.0 Å². The summed E-state index contributed by atoms with van der Waals surface area (Å²) in [5.74, 6) is 0.638. The molecule has 0 heterocycles. The molecule has 2 aromatic carbocycles. The van der Waals surface area contributed by atoms with Gasteiger partial charge in [-0.25, -0.2) is 0 Å².